The van der Waals surface area contributed by atoms with Crippen molar-refractivity contribution in [3.05, 3.63) is 23.9 Å². The first-order valence-electron chi connectivity index (χ1n) is 10.0. The van der Waals surface area contributed by atoms with E-state index in [1.54, 1.807) is 0 Å². The SMILES string of the molecule is CC(C)(CN[C@H]1CCCN(c2ccc(C(F)(F)F)cn2)C1)CN1CCOCC1. The summed E-state index contributed by atoms with van der Waals surface area (Å²) in [4.78, 5) is 8.58. The van der Waals surface area contributed by atoms with Gasteiger partial charge in [0.05, 0.1) is 18.8 Å². The fourth-order valence-electron chi connectivity index (χ4n) is 3.93. The highest BCUT2D eigenvalue weighted by Gasteiger charge is 2.31. The highest BCUT2D eigenvalue weighted by atomic mass is 19.4. The van der Waals surface area contributed by atoms with Gasteiger partial charge in [-0.25, -0.2) is 4.98 Å². The van der Waals surface area contributed by atoms with Gasteiger partial charge in [0.1, 0.15) is 5.82 Å². The van der Waals surface area contributed by atoms with Gasteiger partial charge in [-0.1, -0.05) is 13.8 Å². The van der Waals surface area contributed by atoms with Crippen LogP contribution in [-0.4, -0.2) is 68.4 Å². The van der Waals surface area contributed by atoms with Gasteiger partial charge in [0.15, 0.2) is 0 Å². The molecule has 0 amide bonds. The molecule has 2 fully saturated rings. The van der Waals surface area contributed by atoms with E-state index in [1.807, 2.05) is 0 Å². The molecule has 2 saturated heterocycles. The minimum absolute atomic E-state index is 0.145. The Morgan fingerprint density at radius 3 is 2.57 bits per heavy atom. The van der Waals surface area contributed by atoms with Crippen molar-refractivity contribution in [1.82, 2.24) is 15.2 Å². The highest BCUT2D eigenvalue weighted by Crippen LogP contribution is 2.30. The van der Waals surface area contributed by atoms with Gasteiger partial charge >= 0.3 is 6.18 Å². The van der Waals surface area contributed by atoms with Crippen LogP contribution >= 0.6 is 0 Å². The summed E-state index contributed by atoms with van der Waals surface area (Å²) in [5.74, 6) is 0.618. The number of anilines is 1. The lowest BCUT2D eigenvalue weighted by atomic mass is 9.91. The molecule has 0 aliphatic carbocycles. The zero-order valence-corrected chi connectivity index (χ0v) is 16.8. The first-order chi connectivity index (χ1) is 13.2. The van der Waals surface area contributed by atoms with Crippen LogP contribution < -0.4 is 10.2 Å². The Morgan fingerprint density at radius 1 is 1.18 bits per heavy atom. The van der Waals surface area contributed by atoms with Crippen LogP contribution in [0.5, 0.6) is 0 Å². The molecule has 0 radical (unpaired) electrons. The van der Waals surface area contributed by atoms with Gasteiger partial charge in [-0.05, 0) is 30.4 Å². The zero-order chi connectivity index (χ0) is 20.2. The second kappa shape index (κ2) is 8.97. The molecule has 1 atom stereocenters. The Labute approximate surface area is 165 Å². The summed E-state index contributed by atoms with van der Waals surface area (Å²) in [5.41, 5.74) is -0.556. The number of nitrogens with zero attached hydrogens (tertiary/aromatic N) is 3. The highest BCUT2D eigenvalue weighted by molar-refractivity contribution is 5.40. The van der Waals surface area contributed by atoms with E-state index in [4.69, 9.17) is 4.74 Å². The van der Waals surface area contributed by atoms with Gasteiger partial charge in [0, 0.05) is 51.5 Å². The zero-order valence-electron chi connectivity index (χ0n) is 16.8. The Hall–Kier alpha value is -1.38. The molecule has 0 aromatic carbocycles. The predicted octanol–water partition coefficient (Wildman–Crippen LogP) is 3.02. The quantitative estimate of drug-likeness (QED) is 0.795. The van der Waals surface area contributed by atoms with E-state index in [0.717, 1.165) is 77.6 Å². The maximum Gasteiger partial charge on any atom is 0.417 e. The van der Waals surface area contributed by atoms with E-state index in [1.165, 1.54) is 6.07 Å². The molecular formula is C20H31F3N4O. The molecule has 5 nitrogen and oxygen atoms in total. The van der Waals surface area contributed by atoms with E-state index in [2.05, 4.69) is 33.9 Å². The Bertz CT molecular complexity index is 615. The number of ether oxygens (including phenoxy) is 1. The lowest BCUT2D eigenvalue weighted by Crippen LogP contribution is -2.51. The van der Waals surface area contributed by atoms with E-state index in [-0.39, 0.29) is 5.41 Å². The maximum absolute atomic E-state index is 12.7. The monoisotopic (exact) mass is 400 g/mol. The molecule has 0 saturated carbocycles. The smallest absolute Gasteiger partial charge is 0.379 e. The van der Waals surface area contributed by atoms with Gasteiger partial charge in [0.2, 0.25) is 0 Å². The molecular weight excluding hydrogens is 369 g/mol. The molecule has 2 aliphatic rings. The molecule has 0 unspecified atom stereocenters. The van der Waals surface area contributed by atoms with Crippen molar-refractivity contribution >= 4 is 5.82 Å². The molecule has 3 rings (SSSR count). The third-order valence-electron chi connectivity index (χ3n) is 5.45. The molecule has 28 heavy (non-hydrogen) atoms. The number of pyridine rings is 1. The van der Waals surface area contributed by atoms with Crippen LogP contribution in [0.3, 0.4) is 0 Å². The summed E-state index contributed by atoms with van der Waals surface area (Å²) in [5, 5.41) is 3.68. The number of aromatic nitrogens is 1. The third kappa shape index (κ3) is 6.06. The summed E-state index contributed by atoms with van der Waals surface area (Å²) in [6.07, 6.45) is -1.34. The minimum atomic E-state index is -4.34. The fraction of sp³-hybridized carbons (Fsp3) is 0.750. The van der Waals surface area contributed by atoms with Gasteiger partial charge in [-0.3, -0.25) is 4.90 Å². The number of piperidine rings is 1. The summed E-state index contributed by atoms with van der Waals surface area (Å²) < 4.78 is 43.6. The number of alkyl halides is 3. The van der Waals surface area contributed by atoms with Crippen LogP contribution in [-0.2, 0) is 10.9 Å². The number of halogens is 3. The largest absolute Gasteiger partial charge is 0.417 e. The maximum atomic E-state index is 12.7. The van der Waals surface area contributed by atoms with Crippen LogP contribution in [0.2, 0.25) is 0 Å². The minimum Gasteiger partial charge on any atom is -0.379 e. The van der Waals surface area contributed by atoms with Crippen molar-refractivity contribution in [3.8, 4) is 0 Å². The van der Waals surface area contributed by atoms with Crippen molar-refractivity contribution < 1.29 is 17.9 Å². The molecule has 8 heteroatoms. The number of hydrogen-bond donors (Lipinski definition) is 1. The summed E-state index contributed by atoms with van der Waals surface area (Å²) >= 11 is 0. The standard InChI is InChI=1S/C20H31F3N4O/c1-19(2,15-26-8-10-28-11-9-26)14-25-17-4-3-7-27(13-17)18-6-5-16(12-24-18)20(21,22)23/h5-6,12,17,25H,3-4,7-11,13-15H2,1-2H3/t17-/m0/s1. The van der Waals surface area contributed by atoms with Crippen molar-refractivity contribution in [2.75, 3.05) is 57.4 Å². The fourth-order valence-corrected chi connectivity index (χ4v) is 3.93. The second-order valence-corrected chi connectivity index (χ2v) is 8.62. The average molecular weight is 400 g/mol. The molecule has 3 heterocycles. The summed E-state index contributed by atoms with van der Waals surface area (Å²) in [6.45, 7) is 11.7. The van der Waals surface area contributed by atoms with E-state index >= 15 is 0 Å². The molecule has 2 aliphatic heterocycles. The molecule has 1 N–H and O–H groups in total. The number of morpholine rings is 1. The van der Waals surface area contributed by atoms with Crippen LogP contribution in [0.1, 0.15) is 32.3 Å². The van der Waals surface area contributed by atoms with Gasteiger partial charge < -0.3 is 15.0 Å². The number of rotatable bonds is 6. The molecule has 158 valence electrons. The second-order valence-electron chi connectivity index (χ2n) is 8.62. The molecule has 0 spiro atoms. The first kappa shape index (κ1) is 21.3. The molecule has 1 aromatic rings. The van der Waals surface area contributed by atoms with Crippen molar-refractivity contribution in [1.29, 1.82) is 0 Å². The number of nitrogens with one attached hydrogen (secondary N) is 1. The lowest BCUT2D eigenvalue weighted by molar-refractivity contribution is -0.137. The van der Waals surface area contributed by atoms with Crippen LogP contribution in [0.4, 0.5) is 19.0 Å². The summed E-state index contributed by atoms with van der Waals surface area (Å²) in [6, 6.07) is 2.92. The van der Waals surface area contributed by atoms with Crippen molar-refractivity contribution in [2.24, 2.45) is 5.41 Å². The third-order valence-corrected chi connectivity index (χ3v) is 5.45. The van der Waals surface area contributed by atoms with Gasteiger partial charge in [-0.15, -0.1) is 0 Å². The van der Waals surface area contributed by atoms with E-state index < -0.39 is 11.7 Å². The van der Waals surface area contributed by atoms with Gasteiger partial charge in [0.25, 0.3) is 0 Å². The normalized spacial score (nSPS) is 22.5. The van der Waals surface area contributed by atoms with E-state index in [9.17, 15) is 13.2 Å². The van der Waals surface area contributed by atoms with Crippen LogP contribution in [0.15, 0.2) is 18.3 Å². The predicted molar refractivity (Wildman–Crippen MR) is 104 cm³/mol. The first-order valence-corrected chi connectivity index (χ1v) is 10.0. The Kier molecular flexibility index (Phi) is 6.83. The van der Waals surface area contributed by atoms with Crippen molar-refractivity contribution in [3.63, 3.8) is 0 Å². The lowest BCUT2D eigenvalue weighted by Gasteiger charge is -2.38. The van der Waals surface area contributed by atoms with Crippen LogP contribution in [0, 0.1) is 5.41 Å². The molecule has 1 aromatic heterocycles. The number of hydrogen-bond acceptors (Lipinski definition) is 5. The average Bonchev–Trinajstić information content (AvgIpc) is 2.67. The topological polar surface area (TPSA) is 40.6 Å². The van der Waals surface area contributed by atoms with E-state index in [0.29, 0.717) is 11.9 Å². The Balaban J connectivity index is 1.50. The van der Waals surface area contributed by atoms with Crippen LogP contribution in [0.25, 0.3) is 0 Å². The van der Waals surface area contributed by atoms with Gasteiger partial charge in [-0.2, -0.15) is 13.2 Å². The molecule has 0 bridgehead atoms. The Morgan fingerprint density at radius 2 is 1.93 bits per heavy atom. The summed E-state index contributed by atoms with van der Waals surface area (Å²) in [7, 11) is 0. The van der Waals surface area contributed by atoms with Crippen molar-refractivity contribution in [2.45, 2.75) is 38.9 Å².